The molecule has 0 aromatic heterocycles. The Labute approximate surface area is 123 Å². The minimum absolute atomic E-state index is 0.445. The van der Waals surface area contributed by atoms with Gasteiger partial charge in [0.2, 0.25) is 0 Å². The maximum absolute atomic E-state index is 11.4. The zero-order valence-electron chi connectivity index (χ0n) is 12.9. The van der Waals surface area contributed by atoms with Crippen molar-refractivity contribution in [3.05, 3.63) is 0 Å². The van der Waals surface area contributed by atoms with E-state index in [1.165, 1.54) is 25.7 Å². The Morgan fingerprint density at radius 1 is 1.05 bits per heavy atom. The highest BCUT2D eigenvalue weighted by Gasteiger charge is 2.55. The van der Waals surface area contributed by atoms with Crippen molar-refractivity contribution in [3.8, 4) is 6.07 Å². The van der Waals surface area contributed by atoms with E-state index >= 15 is 0 Å². The van der Waals surface area contributed by atoms with Gasteiger partial charge in [-0.3, -0.25) is 0 Å². The first-order valence-electron chi connectivity index (χ1n) is 8.76. The molecule has 112 valence electrons. The highest BCUT2D eigenvalue weighted by atomic mass is 16.3. The molecule has 0 heterocycles. The number of aliphatic hydroxyl groups is 1. The molecule has 2 heteroatoms. The van der Waals surface area contributed by atoms with E-state index in [1.807, 2.05) is 0 Å². The average Bonchev–Trinajstić information content (AvgIpc) is 3.32. The predicted octanol–water partition coefficient (Wildman–Crippen LogP) is 4.43. The van der Waals surface area contributed by atoms with Crippen molar-refractivity contribution < 1.29 is 5.11 Å². The lowest BCUT2D eigenvalue weighted by molar-refractivity contribution is -0.119. The molecule has 0 bridgehead atoms. The van der Waals surface area contributed by atoms with Gasteiger partial charge in [0.1, 0.15) is 0 Å². The van der Waals surface area contributed by atoms with Gasteiger partial charge in [-0.25, -0.2) is 0 Å². The fraction of sp³-hybridized carbons (Fsp3) is 0.944. The van der Waals surface area contributed by atoms with Crippen molar-refractivity contribution in [3.63, 3.8) is 0 Å². The minimum Gasteiger partial charge on any atom is -0.388 e. The summed E-state index contributed by atoms with van der Waals surface area (Å²) in [6.07, 6.45) is 12.3. The van der Waals surface area contributed by atoms with Crippen molar-refractivity contribution >= 4 is 0 Å². The van der Waals surface area contributed by atoms with Gasteiger partial charge in [0.25, 0.3) is 0 Å². The monoisotopic (exact) mass is 275 g/mol. The van der Waals surface area contributed by atoms with Crippen molar-refractivity contribution in [2.75, 3.05) is 0 Å². The van der Waals surface area contributed by atoms with Crippen LogP contribution in [0.25, 0.3) is 0 Å². The van der Waals surface area contributed by atoms with E-state index in [2.05, 4.69) is 13.0 Å². The third-order valence-electron chi connectivity index (χ3n) is 6.59. The first-order valence-corrected chi connectivity index (χ1v) is 8.76. The van der Waals surface area contributed by atoms with E-state index in [0.717, 1.165) is 50.9 Å². The van der Waals surface area contributed by atoms with Crippen LogP contribution < -0.4 is 0 Å². The lowest BCUT2D eigenvalue weighted by Gasteiger charge is -2.50. The predicted molar refractivity (Wildman–Crippen MR) is 79.9 cm³/mol. The normalized spacial score (nSPS) is 45.9. The molecule has 0 spiro atoms. The molecule has 0 aromatic carbocycles. The fourth-order valence-corrected chi connectivity index (χ4v) is 5.07. The van der Waals surface area contributed by atoms with E-state index in [4.69, 9.17) is 0 Å². The third kappa shape index (κ3) is 2.39. The van der Waals surface area contributed by atoms with Crippen molar-refractivity contribution in [1.82, 2.24) is 0 Å². The second-order valence-electron chi connectivity index (χ2n) is 7.79. The first-order chi connectivity index (χ1) is 9.62. The smallest absolute Gasteiger partial charge is 0.0863 e. The van der Waals surface area contributed by atoms with Crippen LogP contribution in [0.1, 0.15) is 77.6 Å². The number of hydrogen-bond acceptors (Lipinski definition) is 2. The molecule has 3 fully saturated rings. The van der Waals surface area contributed by atoms with Crippen LogP contribution in [0.4, 0.5) is 0 Å². The average molecular weight is 275 g/mol. The molecule has 2 nitrogen and oxygen atoms in total. The maximum atomic E-state index is 11.4. The molecule has 0 aromatic rings. The molecule has 3 saturated carbocycles. The van der Waals surface area contributed by atoms with Crippen LogP contribution in [-0.2, 0) is 0 Å². The fourth-order valence-electron chi connectivity index (χ4n) is 5.07. The van der Waals surface area contributed by atoms with Crippen LogP contribution in [0.2, 0.25) is 0 Å². The second kappa shape index (κ2) is 5.34. The van der Waals surface area contributed by atoms with Crippen LogP contribution >= 0.6 is 0 Å². The van der Waals surface area contributed by atoms with E-state index in [1.54, 1.807) is 0 Å². The van der Waals surface area contributed by atoms with Gasteiger partial charge in [-0.1, -0.05) is 32.6 Å². The molecule has 4 atom stereocenters. The maximum Gasteiger partial charge on any atom is 0.0863 e. The van der Waals surface area contributed by atoms with E-state index in [9.17, 15) is 10.4 Å². The summed E-state index contributed by atoms with van der Waals surface area (Å²) in [5, 5.41) is 21.3. The van der Waals surface area contributed by atoms with Gasteiger partial charge in [-0.15, -0.1) is 0 Å². The van der Waals surface area contributed by atoms with Crippen LogP contribution in [0, 0.1) is 34.5 Å². The summed E-state index contributed by atoms with van der Waals surface area (Å²) in [6, 6.07) is 2.62. The third-order valence-corrected chi connectivity index (χ3v) is 6.59. The Kier molecular flexibility index (Phi) is 3.84. The van der Waals surface area contributed by atoms with E-state index in [0.29, 0.717) is 11.8 Å². The lowest BCUT2D eigenvalue weighted by atomic mass is 9.55. The van der Waals surface area contributed by atoms with Gasteiger partial charge >= 0.3 is 0 Å². The van der Waals surface area contributed by atoms with E-state index in [-0.39, 0.29) is 0 Å². The van der Waals surface area contributed by atoms with Crippen molar-refractivity contribution in [2.24, 2.45) is 23.2 Å². The highest BCUT2D eigenvalue weighted by molar-refractivity contribution is 5.15. The number of hydrogen-bond donors (Lipinski definition) is 1. The molecule has 4 unspecified atom stereocenters. The molecule has 3 aliphatic carbocycles. The molecular formula is C18H29NO. The van der Waals surface area contributed by atoms with Crippen molar-refractivity contribution in [1.29, 1.82) is 5.26 Å². The molecule has 0 amide bonds. The topological polar surface area (TPSA) is 44.0 Å². The molecule has 3 rings (SSSR count). The highest BCUT2D eigenvalue weighted by Crippen LogP contribution is 2.56. The molecule has 20 heavy (non-hydrogen) atoms. The molecular weight excluding hydrogens is 246 g/mol. The first kappa shape index (κ1) is 14.4. The van der Waals surface area contributed by atoms with Gasteiger partial charge in [0.05, 0.1) is 17.1 Å². The Morgan fingerprint density at radius 3 is 2.45 bits per heavy atom. The zero-order chi connectivity index (χ0) is 14.2. The summed E-state index contributed by atoms with van der Waals surface area (Å²) in [6.45, 7) is 2.23. The summed E-state index contributed by atoms with van der Waals surface area (Å²) in [5.74, 6) is 2.21. The van der Waals surface area contributed by atoms with Crippen LogP contribution in [-0.4, -0.2) is 10.7 Å². The molecule has 0 radical (unpaired) electrons. The quantitative estimate of drug-likeness (QED) is 0.828. The zero-order valence-corrected chi connectivity index (χ0v) is 12.9. The summed E-state index contributed by atoms with van der Waals surface area (Å²) in [7, 11) is 0. The molecule has 0 saturated heterocycles. The van der Waals surface area contributed by atoms with Crippen LogP contribution in [0.15, 0.2) is 0 Å². The Morgan fingerprint density at radius 2 is 1.80 bits per heavy atom. The van der Waals surface area contributed by atoms with Gasteiger partial charge in [0, 0.05) is 0 Å². The Hall–Kier alpha value is -0.550. The number of nitriles is 1. The Bertz CT molecular complexity index is 397. The van der Waals surface area contributed by atoms with E-state index < -0.39 is 11.0 Å². The van der Waals surface area contributed by atoms with Crippen LogP contribution in [0.3, 0.4) is 0 Å². The molecule has 1 N–H and O–H groups in total. The Balaban J connectivity index is 1.81. The summed E-state index contributed by atoms with van der Waals surface area (Å²) in [5.41, 5.74) is -1.14. The molecule has 3 aliphatic rings. The number of nitrogens with zero attached hydrogens (tertiary/aromatic N) is 1. The van der Waals surface area contributed by atoms with Gasteiger partial charge in [-0.05, 0) is 62.7 Å². The SMILES string of the molecule is CCC1CCCC(C#N)(C2(O)CCCC(C3CC3)C2)C1. The van der Waals surface area contributed by atoms with Gasteiger partial charge in [-0.2, -0.15) is 5.26 Å². The summed E-state index contributed by atoms with van der Waals surface area (Å²) in [4.78, 5) is 0. The summed E-state index contributed by atoms with van der Waals surface area (Å²) < 4.78 is 0. The lowest BCUT2D eigenvalue weighted by Crippen LogP contribution is -2.52. The summed E-state index contributed by atoms with van der Waals surface area (Å²) >= 11 is 0. The minimum atomic E-state index is -0.693. The van der Waals surface area contributed by atoms with Crippen molar-refractivity contribution in [2.45, 2.75) is 83.2 Å². The molecule has 0 aliphatic heterocycles. The standard InChI is InChI=1S/C18H29NO/c1-2-14-5-3-9-17(11-14,13-19)18(20)10-4-6-16(12-18)15-7-8-15/h14-16,20H,2-12H2,1H3. The van der Waals surface area contributed by atoms with Gasteiger partial charge in [0.15, 0.2) is 0 Å². The van der Waals surface area contributed by atoms with Crippen LogP contribution in [0.5, 0.6) is 0 Å². The second-order valence-corrected chi connectivity index (χ2v) is 7.79. The largest absolute Gasteiger partial charge is 0.388 e. The number of rotatable bonds is 3. The van der Waals surface area contributed by atoms with Gasteiger partial charge < -0.3 is 5.11 Å².